The maximum atomic E-state index is 13.1. The van der Waals surface area contributed by atoms with Crippen molar-refractivity contribution in [1.29, 1.82) is 0 Å². The SMILES string of the molecule is CCn1nc(CC(C)C)cc1C(=O)N1CCCN(C(=O)Cc2cccs2)CC1. The largest absolute Gasteiger partial charge is 0.341 e. The molecule has 0 aromatic carbocycles. The molecule has 1 aliphatic heterocycles. The molecule has 152 valence electrons. The summed E-state index contributed by atoms with van der Waals surface area (Å²) < 4.78 is 1.81. The molecule has 0 spiro atoms. The number of hydrogen-bond acceptors (Lipinski definition) is 4. The fraction of sp³-hybridized carbons (Fsp3) is 0.571. The van der Waals surface area contributed by atoms with Crippen LogP contribution in [0.4, 0.5) is 0 Å². The summed E-state index contributed by atoms with van der Waals surface area (Å²) >= 11 is 1.61. The molecule has 2 aromatic rings. The minimum atomic E-state index is 0.0249. The van der Waals surface area contributed by atoms with Gasteiger partial charge < -0.3 is 9.80 Å². The number of hydrogen-bond donors (Lipinski definition) is 0. The van der Waals surface area contributed by atoms with Gasteiger partial charge in [-0.05, 0) is 43.2 Å². The van der Waals surface area contributed by atoms with Crippen LogP contribution in [-0.4, -0.2) is 57.6 Å². The third-order valence-corrected chi connectivity index (χ3v) is 5.88. The predicted octanol–water partition coefficient (Wildman–Crippen LogP) is 3.08. The normalized spacial score (nSPS) is 15.1. The van der Waals surface area contributed by atoms with E-state index in [0.29, 0.717) is 50.8 Å². The third kappa shape index (κ3) is 5.01. The van der Waals surface area contributed by atoms with E-state index in [0.717, 1.165) is 23.4 Å². The van der Waals surface area contributed by atoms with Crippen LogP contribution in [0, 0.1) is 5.92 Å². The molecule has 0 unspecified atom stereocenters. The molecule has 3 heterocycles. The van der Waals surface area contributed by atoms with E-state index in [1.807, 2.05) is 45.0 Å². The predicted molar refractivity (Wildman–Crippen MR) is 112 cm³/mol. The molecule has 3 rings (SSSR count). The minimum absolute atomic E-state index is 0.0249. The number of rotatable bonds is 6. The highest BCUT2D eigenvalue weighted by molar-refractivity contribution is 7.10. The lowest BCUT2D eigenvalue weighted by atomic mass is 10.1. The van der Waals surface area contributed by atoms with Crippen LogP contribution in [0.15, 0.2) is 23.6 Å². The molecule has 1 fully saturated rings. The van der Waals surface area contributed by atoms with Gasteiger partial charge in [0.1, 0.15) is 5.69 Å². The second-order valence-electron chi connectivity index (χ2n) is 7.72. The highest BCUT2D eigenvalue weighted by Gasteiger charge is 2.25. The second-order valence-corrected chi connectivity index (χ2v) is 8.75. The Morgan fingerprint density at radius 3 is 2.61 bits per heavy atom. The van der Waals surface area contributed by atoms with Crippen molar-refractivity contribution in [3.8, 4) is 0 Å². The van der Waals surface area contributed by atoms with E-state index in [4.69, 9.17) is 0 Å². The summed E-state index contributed by atoms with van der Waals surface area (Å²) in [5.74, 6) is 0.677. The van der Waals surface area contributed by atoms with E-state index in [1.165, 1.54) is 0 Å². The van der Waals surface area contributed by atoms with E-state index >= 15 is 0 Å². The topological polar surface area (TPSA) is 58.4 Å². The molecule has 1 saturated heterocycles. The van der Waals surface area contributed by atoms with Gasteiger partial charge in [-0.3, -0.25) is 14.3 Å². The molecule has 1 aliphatic rings. The Hall–Kier alpha value is -2.15. The Morgan fingerprint density at radius 1 is 1.18 bits per heavy atom. The van der Waals surface area contributed by atoms with Crippen LogP contribution in [-0.2, 0) is 24.2 Å². The Balaban J connectivity index is 1.64. The molecule has 6 nitrogen and oxygen atoms in total. The quantitative estimate of drug-likeness (QED) is 0.746. The highest BCUT2D eigenvalue weighted by Crippen LogP contribution is 2.15. The van der Waals surface area contributed by atoms with Gasteiger partial charge in [0.25, 0.3) is 5.91 Å². The van der Waals surface area contributed by atoms with E-state index in [1.54, 1.807) is 11.3 Å². The number of carbonyl (C=O) groups is 2. The summed E-state index contributed by atoms with van der Waals surface area (Å²) in [6, 6.07) is 5.91. The highest BCUT2D eigenvalue weighted by atomic mass is 32.1. The molecule has 0 bridgehead atoms. The van der Waals surface area contributed by atoms with Crippen LogP contribution in [0.2, 0.25) is 0 Å². The Morgan fingerprint density at radius 2 is 1.93 bits per heavy atom. The van der Waals surface area contributed by atoms with Crippen molar-refractivity contribution < 1.29 is 9.59 Å². The fourth-order valence-corrected chi connectivity index (χ4v) is 4.30. The standard InChI is InChI=1S/C21H30N4O2S/c1-4-25-19(14-17(22-25)13-16(2)3)21(27)24-9-6-8-23(10-11-24)20(26)15-18-7-5-12-28-18/h5,7,12,14,16H,4,6,8-11,13,15H2,1-3H3. The van der Waals surface area contributed by atoms with E-state index in [-0.39, 0.29) is 11.8 Å². The van der Waals surface area contributed by atoms with E-state index in [2.05, 4.69) is 18.9 Å². The maximum Gasteiger partial charge on any atom is 0.272 e. The molecular formula is C21H30N4O2S. The van der Waals surface area contributed by atoms with Crippen LogP contribution < -0.4 is 0 Å². The van der Waals surface area contributed by atoms with Gasteiger partial charge in [-0.1, -0.05) is 19.9 Å². The lowest BCUT2D eigenvalue weighted by molar-refractivity contribution is -0.130. The van der Waals surface area contributed by atoms with Gasteiger partial charge in [-0.2, -0.15) is 5.10 Å². The van der Waals surface area contributed by atoms with Gasteiger partial charge in [-0.15, -0.1) is 11.3 Å². The molecule has 7 heteroatoms. The van der Waals surface area contributed by atoms with Crippen molar-refractivity contribution in [3.05, 3.63) is 39.8 Å². The van der Waals surface area contributed by atoms with Gasteiger partial charge in [0.2, 0.25) is 5.91 Å². The fourth-order valence-electron chi connectivity index (χ4n) is 3.61. The van der Waals surface area contributed by atoms with Gasteiger partial charge in [0.05, 0.1) is 12.1 Å². The summed E-state index contributed by atoms with van der Waals surface area (Å²) in [7, 11) is 0. The average molecular weight is 403 g/mol. The minimum Gasteiger partial charge on any atom is -0.341 e. The number of carbonyl (C=O) groups excluding carboxylic acids is 2. The van der Waals surface area contributed by atoms with Crippen molar-refractivity contribution in [2.24, 2.45) is 5.92 Å². The molecule has 0 aliphatic carbocycles. The Bertz CT molecular complexity index is 797. The van der Waals surface area contributed by atoms with Crippen LogP contribution in [0.5, 0.6) is 0 Å². The number of amides is 2. The first-order valence-electron chi connectivity index (χ1n) is 10.1. The summed E-state index contributed by atoms with van der Waals surface area (Å²) in [5, 5.41) is 6.59. The molecule has 0 atom stereocenters. The molecule has 2 amide bonds. The smallest absolute Gasteiger partial charge is 0.272 e. The zero-order valence-electron chi connectivity index (χ0n) is 17.1. The maximum absolute atomic E-state index is 13.1. The van der Waals surface area contributed by atoms with E-state index in [9.17, 15) is 9.59 Å². The number of thiophene rings is 1. The third-order valence-electron chi connectivity index (χ3n) is 5.01. The first kappa shape index (κ1) is 20.6. The van der Waals surface area contributed by atoms with Crippen LogP contribution in [0.1, 0.15) is 48.3 Å². The number of nitrogens with zero attached hydrogens (tertiary/aromatic N) is 4. The Labute approximate surface area is 171 Å². The molecule has 0 N–H and O–H groups in total. The van der Waals surface area contributed by atoms with Crippen LogP contribution in [0.3, 0.4) is 0 Å². The van der Waals surface area contributed by atoms with Crippen molar-refractivity contribution in [2.45, 2.75) is 46.6 Å². The van der Waals surface area contributed by atoms with Gasteiger partial charge in [0.15, 0.2) is 0 Å². The average Bonchev–Trinajstić information content (AvgIpc) is 3.23. The van der Waals surface area contributed by atoms with Crippen LogP contribution >= 0.6 is 11.3 Å². The monoisotopic (exact) mass is 402 g/mol. The lowest BCUT2D eigenvalue weighted by Gasteiger charge is -2.22. The van der Waals surface area contributed by atoms with Gasteiger partial charge in [-0.25, -0.2) is 0 Å². The van der Waals surface area contributed by atoms with Crippen LogP contribution in [0.25, 0.3) is 0 Å². The lowest BCUT2D eigenvalue weighted by Crippen LogP contribution is -2.38. The zero-order chi connectivity index (χ0) is 20.1. The van der Waals surface area contributed by atoms with Crippen molar-refractivity contribution >= 4 is 23.2 Å². The number of aromatic nitrogens is 2. The summed E-state index contributed by atoms with van der Waals surface area (Å²) in [6.07, 6.45) is 2.13. The molecular weight excluding hydrogens is 372 g/mol. The molecule has 0 radical (unpaired) electrons. The van der Waals surface area contributed by atoms with Crippen molar-refractivity contribution in [1.82, 2.24) is 19.6 Å². The summed E-state index contributed by atoms with van der Waals surface area (Å²) in [6.45, 7) is 9.55. The van der Waals surface area contributed by atoms with Crippen molar-refractivity contribution in [3.63, 3.8) is 0 Å². The molecule has 0 saturated carbocycles. The van der Waals surface area contributed by atoms with Gasteiger partial charge >= 0.3 is 0 Å². The summed E-state index contributed by atoms with van der Waals surface area (Å²) in [4.78, 5) is 30.6. The van der Waals surface area contributed by atoms with Crippen molar-refractivity contribution in [2.75, 3.05) is 26.2 Å². The number of aryl methyl sites for hydroxylation is 1. The zero-order valence-corrected chi connectivity index (χ0v) is 17.9. The van der Waals surface area contributed by atoms with E-state index < -0.39 is 0 Å². The molecule has 28 heavy (non-hydrogen) atoms. The summed E-state index contributed by atoms with van der Waals surface area (Å²) in [5.41, 5.74) is 1.64. The molecule has 2 aromatic heterocycles. The first-order chi connectivity index (χ1) is 13.5. The second kappa shape index (κ2) is 9.37. The van der Waals surface area contributed by atoms with Gasteiger partial charge in [0, 0.05) is 37.6 Å². The first-order valence-corrected chi connectivity index (χ1v) is 11.0. The Kier molecular flexibility index (Phi) is 6.88.